The van der Waals surface area contributed by atoms with Crippen molar-refractivity contribution in [1.29, 1.82) is 0 Å². The van der Waals surface area contributed by atoms with E-state index in [1.165, 1.54) is 12.5 Å². The maximum atomic E-state index is 13.8. The van der Waals surface area contributed by atoms with Crippen LogP contribution in [-0.4, -0.2) is 18.0 Å². The third-order valence-electron chi connectivity index (χ3n) is 3.62. The molecular weight excluding hydrogens is 205 g/mol. The van der Waals surface area contributed by atoms with Crippen LogP contribution in [0.25, 0.3) is 0 Å². The Hall–Kier alpha value is -1.58. The van der Waals surface area contributed by atoms with Gasteiger partial charge in [0.05, 0.1) is 17.8 Å². The third kappa shape index (κ3) is 1.16. The molecule has 1 spiro atoms. The molecule has 3 nitrogen and oxygen atoms in total. The molecule has 1 fully saturated rings. The summed E-state index contributed by atoms with van der Waals surface area (Å²) in [6.07, 6.45) is 3.27. The molecule has 0 saturated heterocycles. The lowest BCUT2D eigenvalue weighted by Gasteiger charge is -2.46. The van der Waals surface area contributed by atoms with E-state index in [9.17, 15) is 4.39 Å². The van der Waals surface area contributed by atoms with E-state index in [2.05, 4.69) is 4.99 Å². The Morgan fingerprint density at radius 2 is 2.06 bits per heavy atom. The lowest BCUT2D eigenvalue weighted by Crippen LogP contribution is -2.56. The van der Waals surface area contributed by atoms with Crippen molar-refractivity contribution in [3.05, 3.63) is 30.1 Å². The molecule has 0 bridgehead atoms. The first-order chi connectivity index (χ1) is 7.73. The Labute approximate surface area is 93.8 Å². The van der Waals surface area contributed by atoms with Crippen molar-refractivity contribution in [3.63, 3.8) is 0 Å². The van der Waals surface area contributed by atoms with Crippen LogP contribution in [0.15, 0.2) is 29.3 Å². The molecule has 2 aliphatic rings. The van der Waals surface area contributed by atoms with Gasteiger partial charge in [0.1, 0.15) is 5.82 Å². The smallest absolute Gasteiger partial charge is 0.196 e. The molecule has 1 aliphatic heterocycles. The van der Waals surface area contributed by atoms with E-state index in [0.717, 1.165) is 12.8 Å². The van der Waals surface area contributed by atoms with Crippen molar-refractivity contribution >= 4 is 11.6 Å². The van der Waals surface area contributed by atoms with Crippen LogP contribution in [0.2, 0.25) is 0 Å². The summed E-state index contributed by atoms with van der Waals surface area (Å²) < 4.78 is 13.8. The molecule has 2 N–H and O–H groups in total. The van der Waals surface area contributed by atoms with Gasteiger partial charge >= 0.3 is 0 Å². The molecule has 0 aromatic heterocycles. The van der Waals surface area contributed by atoms with Gasteiger partial charge < -0.3 is 10.6 Å². The van der Waals surface area contributed by atoms with Gasteiger partial charge in [-0.15, -0.1) is 0 Å². The molecule has 1 aromatic rings. The van der Waals surface area contributed by atoms with Crippen LogP contribution in [0.5, 0.6) is 0 Å². The lowest BCUT2D eigenvalue weighted by atomic mass is 9.76. The maximum Gasteiger partial charge on any atom is 0.196 e. The van der Waals surface area contributed by atoms with Crippen molar-refractivity contribution in [1.82, 2.24) is 0 Å². The zero-order chi connectivity index (χ0) is 11.2. The molecule has 16 heavy (non-hydrogen) atoms. The number of aliphatic imine (C=N–C) groups is 1. The highest BCUT2D eigenvalue weighted by Gasteiger charge is 2.48. The summed E-state index contributed by atoms with van der Waals surface area (Å²) in [7, 11) is 0. The summed E-state index contributed by atoms with van der Waals surface area (Å²) in [4.78, 5) is 6.14. The Kier molecular flexibility index (Phi) is 1.93. The molecule has 1 aliphatic carbocycles. The number of hydrogen-bond donors (Lipinski definition) is 1. The molecule has 0 unspecified atom stereocenters. The van der Waals surface area contributed by atoms with Gasteiger partial charge in [-0.2, -0.15) is 0 Å². The molecule has 1 aromatic carbocycles. The van der Waals surface area contributed by atoms with Crippen molar-refractivity contribution in [2.75, 3.05) is 11.4 Å². The molecule has 84 valence electrons. The number of benzene rings is 1. The minimum atomic E-state index is -0.228. The molecule has 4 heteroatoms. The van der Waals surface area contributed by atoms with Crippen LogP contribution in [0.3, 0.4) is 0 Å². The number of hydrogen-bond acceptors (Lipinski definition) is 3. The highest BCUT2D eigenvalue weighted by molar-refractivity contribution is 5.98. The number of rotatable bonds is 1. The quantitative estimate of drug-likeness (QED) is 0.783. The van der Waals surface area contributed by atoms with Gasteiger partial charge in [-0.05, 0) is 31.4 Å². The second kappa shape index (κ2) is 3.20. The van der Waals surface area contributed by atoms with Crippen LogP contribution in [-0.2, 0) is 0 Å². The number of guanidine groups is 1. The number of nitrogens with zero attached hydrogens (tertiary/aromatic N) is 2. The number of anilines is 1. The standard InChI is InChI=1S/C12H14FN3/c13-9-4-1-2-5-10(9)16-11(14)15-8-12(16)6-3-7-12/h1-2,4-5H,3,6-8H2,(H2,14,15). The van der Waals surface area contributed by atoms with Crippen LogP contribution in [0, 0.1) is 5.82 Å². The van der Waals surface area contributed by atoms with Crippen molar-refractivity contribution in [2.24, 2.45) is 10.7 Å². The minimum Gasteiger partial charge on any atom is -0.369 e. The van der Waals surface area contributed by atoms with Crippen LogP contribution >= 0.6 is 0 Å². The van der Waals surface area contributed by atoms with E-state index in [1.807, 2.05) is 11.0 Å². The summed E-state index contributed by atoms with van der Waals surface area (Å²) in [6.45, 7) is 0.702. The Morgan fingerprint density at radius 3 is 2.69 bits per heavy atom. The second-order valence-electron chi connectivity index (χ2n) is 4.54. The first kappa shape index (κ1) is 9.63. The first-order valence-electron chi connectivity index (χ1n) is 5.58. The SMILES string of the molecule is NC1=NCC2(CCC2)N1c1ccccc1F. The van der Waals surface area contributed by atoms with Gasteiger partial charge in [0.2, 0.25) is 0 Å². The molecule has 3 rings (SSSR count). The highest BCUT2D eigenvalue weighted by Crippen LogP contribution is 2.43. The van der Waals surface area contributed by atoms with Gasteiger partial charge in [0.15, 0.2) is 5.96 Å². The van der Waals surface area contributed by atoms with E-state index in [1.54, 1.807) is 12.1 Å². The monoisotopic (exact) mass is 219 g/mol. The average Bonchev–Trinajstić information content (AvgIpc) is 2.57. The normalized spacial score (nSPS) is 22.1. The summed E-state index contributed by atoms with van der Waals surface area (Å²) in [5.74, 6) is 0.221. The summed E-state index contributed by atoms with van der Waals surface area (Å²) in [5, 5.41) is 0. The van der Waals surface area contributed by atoms with E-state index >= 15 is 0 Å². The molecule has 0 radical (unpaired) electrons. The van der Waals surface area contributed by atoms with E-state index in [4.69, 9.17) is 5.73 Å². The highest BCUT2D eigenvalue weighted by atomic mass is 19.1. The first-order valence-corrected chi connectivity index (χ1v) is 5.58. The number of nitrogens with two attached hydrogens (primary N) is 1. The third-order valence-corrected chi connectivity index (χ3v) is 3.62. The summed E-state index contributed by atoms with van der Waals surface area (Å²) in [5.41, 5.74) is 6.40. The number of halogens is 1. The topological polar surface area (TPSA) is 41.6 Å². The molecule has 0 atom stereocenters. The zero-order valence-corrected chi connectivity index (χ0v) is 8.99. The number of para-hydroxylation sites is 1. The fourth-order valence-corrected chi connectivity index (χ4v) is 2.59. The summed E-state index contributed by atoms with van der Waals surface area (Å²) >= 11 is 0. The predicted octanol–water partition coefficient (Wildman–Crippen LogP) is 1.88. The summed E-state index contributed by atoms with van der Waals surface area (Å²) in [6, 6.07) is 6.75. The Morgan fingerprint density at radius 1 is 1.31 bits per heavy atom. The van der Waals surface area contributed by atoms with Crippen molar-refractivity contribution in [3.8, 4) is 0 Å². The van der Waals surface area contributed by atoms with Crippen molar-refractivity contribution in [2.45, 2.75) is 24.8 Å². The van der Waals surface area contributed by atoms with Crippen LogP contribution < -0.4 is 10.6 Å². The largest absolute Gasteiger partial charge is 0.369 e. The van der Waals surface area contributed by atoms with Crippen LogP contribution in [0.4, 0.5) is 10.1 Å². The minimum absolute atomic E-state index is 0.0354. The van der Waals surface area contributed by atoms with E-state index in [-0.39, 0.29) is 11.4 Å². The zero-order valence-electron chi connectivity index (χ0n) is 8.99. The molecule has 1 heterocycles. The van der Waals surface area contributed by atoms with Gasteiger partial charge in [-0.1, -0.05) is 12.1 Å². The molecule has 1 saturated carbocycles. The van der Waals surface area contributed by atoms with Gasteiger partial charge in [0.25, 0.3) is 0 Å². The van der Waals surface area contributed by atoms with Crippen molar-refractivity contribution < 1.29 is 4.39 Å². The van der Waals surface area contributed by atoms with Gasteiger partial charge in [0, 0.05) is 0 Å². The second-order valence-corrected chi connectivity index (χ2v) is 4.54. The van der Waals surface area contributed by atoms with E-state index in [0.29, 0.717) is 18.2 Å². The van der Waals surface area contributed by atoms with Gasteiger partial charge in [-0.3, -0.25) is 4.99 Å². The fourth-order valence-electron chi connectivity index (χ4n) is 2.59. The fraction of sp³-hybridized carbons (Fsp3) is 0.417. The van der Waals surface area contributed by atoms with Crippen LogP contribution in [0.1, 0.15) is 19.3 Å². The predicted molar refractivity (Wildman–Crippen MR) is 62.0 cm³/mol. The lowest BCUT2D eigenvalue weighted by molar-refractivity contribution is 0.271. The molecule has 0 amide bonds. The molecular formula is C12H14FN3. The van der Waals surface area contributed by atoms with Gasteiger partial charge in [-0.25, -0.2) is 4.39 Å². The Bertz CT molecular complexity index is 451. The maximum absolute atomic E-state index is 13.8. The van der Waals surface area contributed by atoms with E-state index < -0.39 is 0 Å². The Balaban J connectivity index is 2.04. The average molecular weight is 219 g/mol.